The molecule has 102 valence electrons. The van der Waals surface area contributed by atoms with Gasteiger partial charge in [-0.25, -0.2) is 13.8 Å². The molecule has 0 aliphatic heterocycles. The second-order valence-corrected chi connectivity index (χ2v) is 4.34. The third kappa shape index (κ3) is 2.42. The molecular formula is C13H10FN3O3. The normalized spacial score (nSPS) is 15.9. The van der Waals surface area contributed by atoms with Gasteiger partial charge in [0.2, 0.25) is 0 Å². The Kier molecular flexibility index (Phi) is 3.24. The van der Waals surface area contributed by atoms with Crippen molar-refractivity contribution in [2.75, 3.05) is 0 Å². The Morgan fingerprint density at radius 3 is 2.85 bits per heavy atom. The maximum absolute atomic E-state index is 12.8. The highest BCUT2D eigenvalue weighted by molar-refractivity contribution is 6.00. The molecule has 0 unspecified atom stereocenters. The van der Waals surface area contributed by atoms with E-state index in [9.17, 15) is 9.18 Å². The molecular weight excluding hydrogens is 265 g/mol. The average molecular weight is 275 g/mol. The number of fused-ring (bicyclic) bond motifs is 1. The van der Waals surface area contributed by atoms with Crippen molar-refractivity contribution in [3.63, 3.8) is 0 Å². The molecule has 0 fully saturated rings. The molecule has 0 amide bonds. The first-order valence-corrected chi connectivity index (χ1v) is 6.09. The highest BCUT2D eigenvalue weighted by atomic mass is 19.1. The third-order valence-corrected chi connectivity index (χ3v) is 2.98. The van der Waals surface area contributed by atoms with E-state index in [1.54, 1.807) is 0 Å². The minimum Gasteiger partial charge on any atom is -0.312 e. The molecule has 1 aromatic heterocycles. The second-order valence-electron chi connectivity index (χ2n) is 4.34. The number of oxime groups is 1. The lowest BCUT2D eigenvalue weighted by atomic mass is 9.99. The number of rotatable bonds is 2. The topological polar surface area (TPSA) is 77.6 Å². The van der Waals surface area contributed by atoms with Crippen LogP contribution in [0.3, 0.4) is 0 Å². The van der Waals surface area contributed by atoms with Crippen LogP contribution in [0.1, 0.15) is 34.6 Å². The summed E-state index contributed by atoms with van der Waals surface area (Å²) in [5, 5.41) is 11.3. The van der Waals surface area contributed by atoms with E-state index in [0.29, 0.717) is 23.5 Å². The monoisotopic (exact) mass is 275 g/mol. The van der Waals surface area contributed by atoms with E-state index in [-0.39, 0.29) is 5.56 Å². The van der Waals surface area contributed by atoms with Crippen LogP contribution in [0.5, 0.6) is 0 Å². The predicted octanol–water partition coefficient (Wildman–Crippen LogP) is 2.11. The Morgan fingerprint density at radius 1 is 1.25 bits per heavy atom. The van der Waals surface area contributed by atoms with E-state index < -0.39 is 11.8 Å². The summed E-state index contributed by atoms with van der Waals surface area (Å²) in [5.41, 5.74) is 2.00. The molecule has 1 aromatic carbocycles. The lowest BCUT2D eigenvalue weighted by Crippen LogP contribution is -2.13. The van der Waals surface area contributed by atoms with Crippen molar-refractivity contribution in [2.24, 2.45) is 5.16 Å². The number of hydrogen-bond acceptors (Lipinski definition) is 6. The molecule has 1 aliphatic rings. The van der Waals surface area contributed by atoms with E-state index in [2.05, 4.69) is 20.1 Å². The number of benzene rings is 1. The number of carbonyl (C=O) groups excluding carboxylic acids is 1. The first-order chi connectivity index (χ1) is 9.74. The van der Waals surface area contributed by atoms with Crippen molar-refractivity contribution in [1.29, 1.82) is 0 Å². The Hall–Kier alpha value is -2.57. The smallest absolute Gasteiger partial charge is 0.312 e. The van der Waals surface area contributed by atoms with Gasteiger partial charge in [0.15, 0.2) is 5.69 Å². The molecule has 2 aromatic rings. The lowest BCUT2D eigenvalue weighted by molar-refractivity contribution is 0.0515. The Bertz CT molecular complexity index is 664. The summed E-state index contributed by atoms with van der Waals surface area (Å²) >= 11 is 0. The van der Waals surface area contributed by atoms with Crippen molar-refractivity contribution in [1.82, 2.24) is 10.3 Å². The molecule has 0 saturated carbocycles. The van der Waals surface area contributed by atoms with E-state index in [4.69, 9.17) is 4.84 Å². The summed E-state index contributed by atoms with van der Waals surface area (Å²) in [7, 11) is 0. The number of aryl methyl sites for hydroxylation is 1. The zero-order valence-electron chi connectivity index (χ0n) is 10.4. The van der Waals surface area contributed by atoms with Gasteiger partial charge >= 0.3 is 5.97 Å². The van der Waals surface area contributed by atoms with E-state index >= 15 is 0 Å². The van der Waals surface area contributed by atoms with Crippen LogP contribution in [0.4, 0.5) is 4.39 Å². The van der Waals surface area contributed by atoms with Crippen molar-refractivity contribution in [3.8, 4) is 0 Å². The van der Waals surface area contributed by atoms with E-state index in [1.165, 1.54) is 24.3 Å². The summed E-state index contributed by atoms with van der Waals surface area (Å²) in [5.74, 6) is -1.07. The zero-order valence-corrected chi connectivity index (χ0v) is 10.4. The van der Waals surface area contributed by atoms with Gasteiger partial charge in [-0.2, -0.15) is 0 Å². The molecule has 0 atom stereocenters. The number of halogens is 1. The summed E-state index contributed by atoms with van der Waals surface area (Å²) in [4.78, 5) is 16.6. The molecule has 3 rings (SSSR count). The zero-order chi connectivity index (χ0) is 13.9. The SMILES string of the molecule is O=C(O/N=C1\CCCc2nonc21)c1ccc(F)cc1. The quantitative estimate of drug-likeness (QED) is 0.619. The van der Waals surface area contributed by atoms with Crippen molar-refractivity contribution in [2.45, 2.75) is 19.3 Å². The summed E-state index contributed by atoms with van der Waals surface area (Å²) in [6.45, 7) is 0. The van der Waals surface area contributed by atoms with Gasteiger partial charge < -0.3 is 4.84 Å². The van der Waals surface area contributed by atoms with Crippen LogP contribution in [-0.4, -0.2) is 22.0 Å². The van der Waals surface area contributed by atoms with Gasteiger partial charge in [0.1, 0.15) is 17.2 Å². The average Bonchev–Trinajstić information content (AvgIpc) is 2.94. The van der Waals surface area contributed by atoms with Crippen molar-refractivity contribution < 1.29 is 18.7 Å². The van der Waals surface area contributed by atoms with Crippen LogP contribution < -0.4 is 0 Å². The van der Waals surface area contributed by atoms with Crippen LogP contribution in [0.15, 0.2) is 34.1 Å². The van der Waals surface area contributed by atoms with Crippen LogP contribution in [0.25, 0.3) is 0 Å². The van der Waals surface area contributed by atoms with Gasteiger partial charge in [0, 0.05) is 0 Å². The van der Waals surface area contributed by atoms with Gasteiger partial charge in [0.25, 0.3) is 0 Å². The Morgan fingerprint density at radius 2 is 2.05 bits per heavy atom. The van der Waals surface area contributed by atoms with Crippen LogP contribution in [0.2, 0.25) is 0 Å². The summed E-state index contributed by atoms with van der Waals surface area (Å²) in [6, 6.07) is 5.04. The first-order valence-electron chi connectivity index (χ1n) is 6.09. The maximum atomic E-state index is 12.8. The molecule has 0 radical (unpaired) electrons. The summed E-state index contributed by atoms with van der Waals surface area (Å²) in [6.07, 6.45) is 2.25. The highest BCUT2D eigenvalue weighted by Crippen LogP contribution is 2.18. The standard InChI is InChI=1S/C13H10FN3O3/c14-9-6-4-8(5-7-9)13(18)19-15-10-2-1-3-11-12(10)17-20-16-11/h4-7H,1-3H2/b15-10+. The maximum Gasteiger partial charge on any atom is 0.365 e. The molecule has 0 saturated heterocycles. The van der Waals surface area contributed by atoms with Crippen molar-refractivity contribution >= 4 is 11.7 Å². The fourth-order valence-corrected chi connectivity index (χ4v) is 1.96. The molecule has 6 nitrogen and oxygen atoms in total. The van der Waals surface area contributed by atoms with Gasteiger partial charge in [-0.05, 0) is 48.7 Å². The van der Waals surface area contributed by atoms with Gasteiger partial charge in [-0.3, -0.25) is 0 Å². The Labute approximate surface area is 113 Å². The van der Waals surface area contributed by atoms with Gasteiger partial charge in [-0.1, -0.05) is 10.3 Å². The largest absolute Gasteiger partial charge is 0.365 e. The predicted molar refractivity (Wildman–Crippen MR) is 65.6 cm³/mol. The van der Waals surface area contributed by atoms with Gasteiger partial charge in [0.05, 0.1) is 5.56 Å². The minimum absolute atomic E-state index is 0.227. The van der Waals surface area contributed by atoms with Crippen LogP contribution in [-0.2, 0) is 11.3 Å². The Balaban J connectivity index is 1.75. The van der Waals surface area contributed by atoms with E-state index in [1.807, 2.05) is 0 Å². The van der Waals surface area contributed by atoms with Crippen molar-refractivity contribution in [3.05, 3.63) is 47.0 Å². The van der Waals surface area contributed by atoms with Crippen LogP contribution >= 0.6 is 0 Å². The fourth-order valence-electron chi connectivity index (χ4n) is 1.96. The number of nitrogens with zero attached hydrogens (tertiary/aromatic N) is 3. The van der Waals surface area contributed by atoms with Crippen LogP contribution in [0, 0.1) is 5.82 Å². The number of carbonyl (C=O) groups is 1. The highest BCUT2D eigenvalue weighted by Gasteiger charge is 2.22. The molecule has 7 heteroatoms. The molecule has 0 bridgehead atoms. The fraction of sp³-hybridized carbons (Fsp3) is 0.231. The number of hydrogen-bond donors (Lipinski definition) is 0. The lowest BCUT2D eigenvalue weighted by Gasteiger charge is -2.08. The third-order valence-electron chi connectivity index (χ3n) is 2.98. The molecule has 0 N–H and O–H groups in total. The molecule has 0 spiro atoms. The minimum atomic E-state index is -0.652. The number of aromatic nitrogens is 2. The molecule has 1 heterocycles. The first kappa shape index (κ1) is 12.5. The van der Waals surface area contributed by atoms with Gasteiger partial charge in [-0.15, -0.1) is 0 Å². The molecule has 20 heavy (non-hydrogen) atoms. The second kappa shape index (κ2) is 5.20. The summed E-state index contributed by atoms with van der Waals surface area (Å²) < 4.78 is 17.4. The molecule has 1 aliphatic carbocycles. The van der Waals surface area contributed by atoms with E-state index in [0.717, 1.165) is 12.8 Å².